The minimum Gasteiger partial charge on any atom is -0.465 e. The number of nitrogens with zero attached hydrogens (tertiary/aromatic N) is 4. The van der Waals surface area contributed by atoms with Crippen molar-refractivity contribution in [2.24, 2.45) is 5.41 Å². The first-order chi connectivity index (χ1) is 20.2. The molecule has 224 valence electrons. The van der Waals surface area contributed by atoms with Crippen LogP contribution in [0.15, 0.2) is 42.7 Å². The van der Waals surface area contributed by atoms with E-state index in [0.717, 1.165) is 43.1 Å². The van der Waals surface area contributed by atoms with Gasteiger partial charge in [-0.2, -0.15) is 0 Å². The third-order valence-corrected chi connectivity index (χ3v) is 9.37. The van der Waals surface area contributed by atoms with Crippen molar-refractivity contribution in [2.45, 2.75) is 51.4 Å². The first-order valence-corrected chi connectivity index (χ1v) is 15.6. The molecule has 3 aliphatic rings. The Hall–Kier alpha value is -3.54. The predicted molar refractivity (Wildman–Crippen MR) is 162 cm³/mol. The smallest absolute Gasteiger partial charge is 0.317 e. The van der Waals surface area contributed by atoms with Gasteiger partial charge in [0.2, 0.25) is 0 Å². The number of halogens is 2. The first-order valence-electron chi connectivity index (χ1n) is 14.6. The third-order valence-electron chi connectivity index (χ3n) is 8.61. The number of fused-ring (bicyclic) bond motifs is 1. The van der Waals surface area contributed by atoms with Crippen molar-refractivity contribution in [3.8, 4) is 0 Å². The van der Waals surface area contributed by atoms with E-state index in [1.54, 1.807) is 31.5 Å². The van der Waals surface area contributed by atoms with Gasteiger partial charge >= 0.3 is 5.97 Å². The highest BCUT2D eigenvalue weighted by Crippen LogP contribution is 2.54. The highest BCUT2D eigenvalue weighted by molar-refractivity contribution is 8.01. The molecule has 6 rings (SSSR count). The molecule has 2 saturated heterocycles. The monoisotopic (exact) mass is 598 g/mol. The molecule has 9 nitrogen and oxygen atoms in total. The van der Waals surface area contributed by atoms with Crippen LogP contribution in [0.25, 0.3) is 5.65 Å². The summed E-state index contributed by atoms with van der Waals surface area (Å²) in [6.07, 6.45) is 7.83. The van der Waals surface area contributed by atoms with Crippen LogP contribution in [0.1, 0.15) is 55.8 Å². The molecule has 2 aliphatic heterocycles. The van der Waals surface area contributed by atoms with Crippen molar-refractivity contribution >= 4 is 52.4 Å². The lowest BCUT2D eigenvalue weighted by molar-refractivity contribution is -0.139. The van der Waals surface area contributed by atoms with Crippen molar-refractivity contribution in [3.63, 3.8) is 0 Å². The van der Waals surface area contributed by atoms with Crippen molar-refractivity contribution < 1.29 is 23.1 Å². The summed E-state index contributed by atoms with van der Waals surface area (Å²) in [6.45, 7) is 4.32. The van der Waals surface area contributed by atoms with Crippen LogP contribution in [-0.4, -0.2) is 65.7 Å². The van der Waals surface area contributed by atoms with Crippen molar-refractivity contribution in [3.05, 3.63) is 48.3 Å². The number of alkyl halides is 2. The van der Waals surface area contributed by atoms with Gasteiger partial charge in [-0.15, -0.1) is 0 Å². The number of benzene rings is 1. The Morgan fingerprint density at radius 3 is 2.43 bits per heavy atom. The molecule has 1 aliphatic carbocycles. The van der Waals surface area contributed by atoms with Gasteiger partial charge < -0.3 is 24.6 Å². The van der Waals surface area contributed by atoms with Crippen LogP contribution >= 0.6 is 11.9 Å². The summed E-state index contributed by atoms with van der Waals surface area (Å²) >= 11 is 1.25. The number of hydrogen-bond acceptors (Lipinski definition) is 8. The Labute approximate surface area is 248 Å². The zero-order valence-corrected chi connectivity index (χ0v) is 24.5. The lowest BCUT2D eigenvalue weighted by Gasteiger charge is -2.35. The first kappa shape index (κ1) is 28.6. The molecule has 12 heteroatoms. The van der Waals surface area contributed by atoms with Crippen molar-refractivity contribution in [1.29, 1.82) is 0 Å². The highest BCUT2D eigenvalue weighted by atomic mass is 32.2. The summed E-state index contributed by atoms with van der Waals surface area (Å²) in [7, 11) is 0. The molecular weight excluding hydrogens is 562 g/mol. The molecule has 2 N–H and O–H groups in total. The molecule has 1 amide bonds. The number of pyridine rings is 1. The Morgan fingerprint density at radius 2 is 1.71 bits per heavy atom. The average molecular weight is 599 g/mol. The van der Waals surface area contributed by atoms with E-state index in [2.05, 4.69) is 19.9 Å². The Morgan fingerprint density at radius 1 is 0.976 bits per heavy atom. The Balaban J connectivity index is 1.23. The Kier molecular flexibility index (Phi) is 7.91. The lowest BCUT2D eigenvalue weighted by Crippen LogP contribution is -2.40. The number of ether oxygens (including phenoxy) is 1. The van der Waals surface area contributed by atoms with Gasteiger partial charge in [-0.25, -0.2) is 13.8 Å². The number of aromatic nitrogens is 2. The zero-order valence-electron chi connectivity index (χ0n) is 23.7. The van der Waals surface area contributed by atoms with Crippen LogP contribution in [0.4, 0.5) is 31.7 Å². The fraction of sp³-hybridized carbons (Fsp3) is 0.500. The zero-order chi connectivity index (χ0) is 29.3. The number of hydrogen-bond donors (Lipinski definition) is 2. The highest BCUT2D eigenvalue weighted by Gasteiger charge is 2.44. The summed E-state index contributed by atoms with van der Waals surface area (Å²) in [6, 6.07) is 9.23. The Bertz CT molecular complexity index is 1460. The molecule has 42 heavy (non-hydrogen) atoms. The second kappa shape index (κ2) is 11.6. The standard InChI is InChI=1S/C30H36F2N6O3S/c1-2-41-27(39)20-42-35-21-3-4-23(24(17-21)36-12-7-29(5-6-29)8-13-36)28(40)34-22-18-25-33-11-16-38(25)26(19-22)37-14-9-30(31,32)10-15-37/h3-4,11,16-19,35H,2,5-10,12-15,20H2,1H3,(H,34,40). The van der Waals surface area contributed by atoms with Gasteiger partial charge in [0.05, 0.1) is 17.9 Å². The van der Waals surface area contributed by atoms with Gasteiger partial charge in [0.25, 0.3) is 11.8 Å². The number of amides is 1. The summed E-state index contributed by atoms with van der Waals surface area (Å²) < 4.78 is 37.8. The van der Waals surface area contributed by atoms with E-state index in [-0.39, 0.29) is 43.6 Å². The van der Waals surface area contributed by atoms with Crippen LogP contribution in [0.3, 0.4) is 0 Å². The van der Waals surface area contributed by atoms with E-state index in [9.17, 15) is 18.4 Å². The topological polar surface area (TPSA) is 91.2 Å². The van der Waals surface area contributed by atoms with E-state index in [1.165, 1.54) is 24.8 Å². The molecule has 4 heterocycles. The number of imidazole rings is 1. The van der Waals surface area contributed by atoms with Gasteiger partial charge in [0.15, 0.2) is 0 Å². The van der Waals surface area contributed by atoms with Crippen LogP contribution in [0.2, 0.25) is 0 Å². The summed E-state index contributed by atoms with van der Waals surface area (Å²) in [5, 5.41) is 3.06. The summed E-state index contributed by atoms with van der Waals surface area (Å²) in [5.41, 5.74) is 3.85. The fourth-order valence-corrected chi connectivity index (χ4v) is 6.48. The number of rotatable bonds is 9. The van der Waals surface area contributed by atoms with Crippen LogP contribution < -0.4 is 19.8 Å². The number of carbonyl (C=O) groups is 2. The maximum atomic E-state index is 13.9. The molecule has 0 unspecified atom stereocenters. The quantitative estimate of drug-likeness (QED) is 0.235. The fourth-order valence-electron chi connectivity index (χ4n) is 5.91. The number of nitrogens with one attached hydrogen (secondary N) is 2. The predicted octanol–water partition coefficient (Wildman–Crippen LogP) is 5.83. The molecule has 3 fully saturated rings. The van der Waals surface area contributed by atoms with E-state index in [1.807, 2.05) is 27.5 Å². The van der Waals surface area contributed by atoms with E-state index in [0.29, 0.717) is 28.9 Å². The molecule has 0 atom stereocenters. The van der Waals surface area contributed by atoms with Gasteiger partial charge in [0.1, 0.15) is 17.2 Å². The van der Waals surface area contributed by atoms with Crippen LogP contribution in [-0.2, 0) is 9.53 Å². The van der Waals surface area contributed by atoms with Crippen molar-refractivity contribution in [1.82, 2.24) is 9.38 Å². The average Bonchev–Trinajstić information content (AvgIpc) is 3.54. The number of piperidine rings is 2. The van der Waals surface area contributed by atoms with Gasteiger partial charge in [-0.1, -0.05) is 0 Å². The maximum absolute atomic E-state index is 13.9. The van der Waals surface area contributed by atoms with E-state index in [4.69, 9.17) is 4.74 Å². The van der Waals surface area contributed by atoms with E-state index >= 15 is 0 Å². The molecule has 2 aromatic heterocycles. The van der Waals surface area contributed by atoms with Gasteiger partial charge in [-0.05, 0) is 68.2 Å². The molecule has 3 aromatic rings. The molecule has 1 aromatic carbocycles. The summed E-state index contributed by atoms with van der Waals surface area (Å²) in [5.74, 6) is -2.30. The minimum atomic E-state index is -2.65. The largest absolute Gasteiger partial charge is 0.465 e. The number of carbonyl (C=O) groups excluding carboxylic acids is 2. The molecule has 1 spiro atoms. The second-order valence-electron chi connectivity index (χ2n) is 11.5. The number of anilines is 4. The van der Waals surface area contributed by atoms with Gasteiger partial charge in [-0.3, -0.25) is 14.0 Å². The minimum absolute atomic E-state index is 0.172. The SMILES string of the molecule is CCOC(=O)CSNc1ccc(C(=O)Nc2cc(N3CCC(F)(F)CC3)n3ccnc3c2)c(N2CCC3(CC2)CC3)c1. The lowest BCUT2D eigenvalue weighted by atomic mass is 9.93. The maximum Gasteiger partial charge on any atom is 0.317 e. The third kappa shape index (κ3) is 6.28. The van der Waals surface area contributed by atoms with Crippen LogP contribution in [0.5, 0.6) is 0 Å². The molecule has 0 bridgehead atoms. The summed E-state index contributed by atoms with van der Waals surface area (Å²) in [4.78, 5) is 34.1. The van der Waals surface area contributed by atoms with Crippen molar-refractivity contribution in [2.75, 3.05) is 58.4 Å². The molecule has 1 saturated carbocycles. The van der Waals surface area contributed by atoms with Gasteiger partial charge in [0, 0.05) is 74.9 Å². The van der Waals surface area contributed by atoms with E-state index < -0.39 is 5.92 Å². The normalized spacial score (nSPS) is 19.1. The second-order valence-corrected chi connectivity index (χ2v) is 12.3. The molecular formula is C30H36F2N6O3S. The molecule has 0 radical (unpaired) electrons. The number of esters is 1. The van der Waals surface area contributed by atoms with Crippen LogP contribution in [0, 0.1) is 5.41 Å².